The Kier molecular flexibility index (Phi) is 4.75. The van der Waals surface area contributed by atoms with Gasteiger partial charge in [-0.05, 0) is 0 Å². The molecule has 0 aliphatic carbocycles. The van der Waals surface area contributed by atoms with Crippen molar-refractivity contribution in [3.63, 3.8) is 0 Å². The fourth-order valence-electron chi connectivity index (χ4n) is 1.00. The van der Waals surface area contributed by atoms with E-state index in [9.17, 15) is 14.4 Å². The number of nitrogens with one attached hydrogen (secondary N) is 2. The lowest BCUT2D eigenvalue weighted by atomic mass is 10.3. The van der Waals surface area contributed by atoms with E-state index in [1.807, 2.05) is 0 Å². The quantitative estimate of drug-likeness (QED) is 0.560. The smallest absolute Gasteiger partial charge is 0.328 e. The van der Waals surface area contributed by atoms with E-state index in [1.54, 1.807) is 0 Å². The number of aliphatic hydroxyl groups excluding tert-OH is 1. The molecule has 98 valence electrons. The Labute approximate surface area is 106 Å². The van der Waals surface area contributed by atoms with E-state index in [0.29, 0.717) is 0 Å². The van der Waals surface area contributed by atoms with Crippen molar-refractivity contribution in [2.75, 3.05) is 11.9 Å². The first-order valence-corrected chi connectivity index (χ1v) is 5.69. The Balaban J connectivity index is 2.69. The summed E-state index contributed by atoms with van der Waals surface area (Å²) in [4.78, 5) is 36.7. The van der Waals surface area contributed by atoms with Gasteiger partial charge in [-0.1, -0.05) is 0 Å². The van der Waals surface area contributed by atoms with Gasteiger partial charge in [-0.25, -0.2) is 9.78 Å². The van der Waals surface area contributed by atoms with Crippen molar-refractivity contribution in [3.8, 4) is 0 Å². The Bertz CT molecular complexity index is 473. The maximum Gasteiger partial charge on any atom is 0.328 e. The number of hydrogen-bond acceptors (Lipinski definition) is 6. The van der Waals surface area contributed by atoms with Crippen LogP contribution in [0.5, 0.6) is 0 Å². The number of aromatic nitrogens is 1. The highest BCUT2D eigenvalue weighted by molar-refractivity contribution is 7.14. The average molecular weight is 273 g/mol. The monoisotopic (exact) mass is 273 g/mol. The van der Waals surface area contributed by atoms with E-state index < -0.39 is 24.5 Å². The van der Waals surface area contributed by atoms with Crippen molar-refractivity contribution in [2.45, 2.75) is 13.0 Å². The van der Waals surface area contributed by atoms with Crippen LogP contribution in [0.3, 0.4) is 0 Å². The molecule has 0 aliphatic heterocycles. The van der Waals surface area contributed by atoms with E-state index in [4.69, 9.17) is 10.2 Å². The van der Waals surface area contributed by atoms with Crippen molar-refractivity contribution in [1.82, 2.24) is 10.3 Å². The van der Waals surface area contributed by atoms with Crippen molar-refractivity contribution in [1.29, 1.82) is 0 Å². The number of carboxylic acid groups (broad SMARTS) is 1. The summed E-state index contributed by atoms with van der Waals surface area (Å²) in [5.74, 6) is -2.40. The molecule has 1 aromatic heterocycles. The number of nitrogens with zero attached hydrogens (tertiary/aromatic N) is 1. The lowest BCUT2D eigenvalue weighted by molar-refractivity contribution is -0.140. The molecule has 0 saturated carbocycles. The van der Waals surface area contributed by atoms with Gasteiger partial charge in [-0.2, -0.15) is 0 Å². The average Bonchev–Trinajstić information content (AvgIpc) is 2.72. The Morgan fingerprint density at radius 1 is 1.50 bits per heavy atom. The summed E-state index contributed by atoms with van der Waals surface area (Å²) >= 11 is 1.04. The topological polar surface area (TPSA) is 129 Å². The van der Waals surface area contributed by atoms with E-state index in [-0.39, 0.29) is 16.7 Å². The largest absolute Gasteiger partial charge is 0.480 e. The molecular formula is C9H11N3O5S. The zero-order valence-electron chi connectivity index (χ0n) is 9.34. The van der Waals surface area contributed by atoms with Crippen LogP contribution in [-0.2, 0) is 9.59 Å². The molecule has 0 saturated heterocycles. The van der Waals surface area contributed by atoms with Gasteiger partial charge in [0.05, 0.1) is 6.61 Å². The molecular weight excluding hydrogens is 262 g/mol. The molecule has 1 aromatic rings. The molecule has 1 unspecified atom stereocenters. The van der Waals surface area contributed by atoms with Crippen LogP contribution in [0.4, 0.5) is 5.13 Å². The summed E-state index contributed by atoms with van der Waals surface area (Å²) in [6, 6.07) is -1.39. The second kappa shape index (κ2) is 6.07. The molecule has 1 rings (SSSR count). The Hall–Kier alpha value is -2.00. The van der Waals surface area contributed by atoms with Gasteiger partial charge in [0.15, 0.2) is 11.2 Å². The van der Waals surface area contributed by atoms with Gasteiger partial charge in [0, 0.05) is 12.3 Å². The number of aliphatic hydroxyl groups is 1. The third kappa shape index (κ3) is 3.79. The summed E-state index contributed by atoms with van der Waals surface area (Å²) in [5, 5.41) is 23.5. The first kappa shape index (κ1) is 14.1. The van der Waals surface area contributed by atoms with Crippen molar-refractivity contribution in [2.24, 2.45) is 0 Å². The number of rotatable bonds is 5. The van der Waals surface area contributed by atoms with Crippen LogP contribution in [-0.4, -0.2) is 45.6 Å². The molecule has 1 heterocycles. The van der Waals surface area contributed by atoms with Gasteiger partial charge in [0.2, 0.25) is 5.91 Å². The zero-order valence-corrected chi connectivity index (χ0v) is 10.2. The number of hydrogen-bond donors (Lipinski definition) is 4. The van der Waals surface area contributed by atoms with Crippen molar-refractivity contribution < 1.29 is 24.6 Å². The van der Waals surface area contributed by atoms with Gasteiger partial charge in [-0.3, -0.25) is 9.59 Å². The van der Waals surface area contributed by atoms with Gasteiger partial charge in [-0.15, -0.1) is 11.3 Å². The number of aliphatic carboxylic acids is 1. The number of thiazole rings is 1. The van der Waals surface area contributed by atoms with Crippen LogP contribution in [0.2, 0.25) is 0 Å². The molecule has 4 N–H and O–H groups in total. The normalized spacial score (nSPS) is 11.7. The summed E-state index contributed by atoms with van der Waals surface area (Å²) in [5.41, 5.74) is -0.0246. The molecule has 18 heavy (non-hydrogen) atoms. The molecule has 0 aliphatic rings. The second-order valence-electron chi connectivity index (χ2n) is 3.27. The maximum atomic E-state index is 11.6. The number of carbonyl (C=O) groups is 3. The minimum atomic E-state index is -1.39. The van der Waals surface area contributed by atoms with Crippen LogP contribution in [0, 0.1) is 0 Å². The van der Waals surface area contributed by atoms with E-state index in [0.717, 1.165) is 11.3 Å². The summed E-state index contributed by atoms with van der Waals surface area (Å²) in [7, 11) is 0. The molecule has 9 heteroatoms. The predicted molar refractivity (Wildman–Crippen MR) is 62.4 cm³/mol. The SMILES string of the molecule is CC(=O)Nc1nc(C(=O)NC(CO)C(=O)O)cs1. The van der Waals surface area contributed by atoms with Gasteiger partial charge in [0.25, 0.3) is 5.91 Å². The first-order chi connectivity index (χ1) is 8.43. The van der Waals surface area contributed by atoms with Crippen LogP contribution in [0.15, 0.2) is 5.38 Å². The second-order valence-corrected chi connectivity index (χ2v) is 4.12. The number of amides is 2. The van der Waals surface area contributed by atoms with E-state index in [1.165, 1.54) is 12.3 Å². The first-order valence-electron chi connectivity index (χ1n) is 4.81. The minimum Gasteiger partial charge on any atom is -0.480 e. The lowest BCUT2D eigenvalue weighted by Crippen LogP contribution is -2.43. The molecule has 8 nitrogen and oxygen atoms in total. The Morgan fingerprint density at radius 3 is 2.67 bits per heavy atom. The standard InChI is InChI=1S/C9H11N3O5S/c1-4(14)10-9-12-6(3-18-9)7(15)11-5(2-13)8(16)17/h3,5,13H,2H2,1H3,(H,11,15)(H,16,17)(H,10,12,14). The summed E-state index contributed by atoms with van der Waals surface area (Å²) in [6.45, 7) is 0.580. The molecule has 0 aromatic carbocycles. The molecule has 0 radical (unpaired) electrons. The van der Waals surface area contributed by atoms with E-state index >= 15 is 0 Å². The molecule has 0 spiro atoms. The van der Waals surface area contributed by atoms with E-state index in [2.05, 4.69) is 15.6 Å². The van der Waals surface area contributed by atoms with Crippen molar-refractivity contribution >= 4 is 34.3 Å². The number of carbonyl (C=O) groups excluding carboxylic acids is 2. The van der Waals surface area contributed by atoms with Crippen LogP contribution >= 0.6 is 11.3 Å². The highest BCUT2D eigenvalue weighted by atomic mass is 32.1. The highest BCUT2D eigenvalue weighted by Crippen LogP contribution is 2.15. The number of carboxylic acids is 1. The molecule has 0 fully saturated rings. The van der Waals surface area contributed by atoms with Gasteiger partial charge < -0.3 is 20.8 Å². The minimum absolute atomic E-state index is 0.0246. The van der Waals surface area contributed by atoms with Gasteiger partial charge in [0.1, 0.15) is 5.69 Å². The highest BCUT2D eigenvalue weighted by Gasteiger charge is 2.21. The third-order valence-electron chi connectivity index (χ3n) is 1.81. The Morgan fingerprint density at radius 2 is 2.17 bits per heavy atom. The number of anilines is 1. The zero-order chi connectivity index (χ0) is 13.7. The fraction of sp³-hybridized carbons (Fsp3) is 0.333. The third-order valence-corrected chi connectivity index (χ3v) is 2.56. The van der Waals surface area contributed by atoms with Crippen LogP contribution in [0.25, 0.3) is 0 Å². The fourth-order valence-corrected chi connectivity index (χ4v) is 1.74. The summed E-state index contributed by atoms with van der Waals surface area (Å²) in [6.07, 6.45) is 0. The van der Waals surface area contributed by atoms with Crippen LogP contribution in [0.1, 0.15) is 17.4 Å². The predicted octanol–water partition coefficient (Wildman–Crippen LogP) is -0.723. The van der Waals surface area contributed by atoms with Crippen LogP contribution < -0.4 is 10.6 Å². The van der Waals surface area contributed by atoms with Crippen molar-refractivity contribution in [3.05, 3.63) is 11.1 Å². The van der Waals surface area contributed by atoms with Gasteiger partial charge >= 0.3 is 5.97 Å². The molecule has 0 bridgehead atoms. The summed E-state index contributed by atoms with van der Waals surface area (Å²) < 4.78 is 0. The lowest BCUT2D eigenvalue weighted by Gasteiger charge is -2.09. The molecule has 1 atom stereocenters. The molecule has 2 amide bonds. The maximum absolute atomic E-state index is 11.6.